The van der Waals surface area contributed by atoms with Crippen molar-refractivity contribution < 1.29 is 0 Å². The summed E-state index contributed by atoms with van der Waals surface area (Å²) < 4.78 is 2.57. The molecule has 0 saturated carbocycles. The highest BCUT2D eigenvalue weighted by Crippen LogP contribution is 2.42. The summed E-state index contributed by atoms with van der Waals surface area (Å²) in [6.07, 6.45) is 3.19. The lowest BCUT2D eigenvalue weighted by atomic mass is 9.70. The van der Waals surface area contributed by atoms with E-state index >= 15 is 0 Å². The number of hydrogen-bond acceptors (Lipinski definition) is 0. The Labute approximate surface area is 204 Å². The Balaban J connectivity index is 1.67. The van der Waals surface area contributed by atoms with Gasteiger partial charge in [0.1, 0.15) is 0 Å². The van der Waals surface area contributed by atoms with Crippen LogP contribution in [0.25, 0.3) is 21.8 Å². The topological polar surface area (TPSA) is 4.93 Å². The van der Waals surface area contributed by atoms with Crippen molar-refractivity contribution >= 4 is 21.8 Å². The molecule has 0 N–H and O–H groups in total. The van der Waals surface area contributed by atoms with Gasteiger partial charge in [0.25, 0.3) is 0 Å². The molecule has 1 nitrogen and oxygen atoms in total. The van der Waals surface area contributed by atoms with Crippen molar-refractivity contribution in [1.82, 2.24) is 4.57 Å². The lowest BCUT2D eigenvalue weighted by Gasteiger charge is -2.36. The van der Waals surface area contributed by atoms with E-state index in [-0.39, 0.29) is 11.0 Å². The maximum absolute atomic E-state index is 2.57. The van der Waals surface area contributed by atoms with Gasteiger partial charge in [0.2, 0.25) is 0 Å². The zero-order chi connectivity index (χ0) is 23.8. The van der Waals surface area contributed by atoms with Gasteiger partial charge in [-0.05, 0) is 55.0 Å². The third-order valence-electron chi connectivity index (χ3n) is 8.35. The van der Waals surface area contributed by atoms with Crippen molar-refractivity contribution in [2.24, 2.45) is 0 Å². The summed E-state index contributed by atoms with van der Waals surface area (Å²) >= 11 is 0. The van der Waals surface area contributed by atoms with Gasteiger partial charge in [-0.15, -0.1) is 0 Å². The van der Waals surface area contributed by atoms with Crippen LogP contribution in [0, 0.1) is 0 Å². The van der Waals surface area contributed by atoms with Crippen molar-refractivity contribution in [2.75, 3.05) is 0 Å². The monoisotopic (exact) mass is 445 g/mol. The lowest BCUT2D eigenvalue weighted by molar-refractivity contribution is 0.401. The molecule has 5 rings (SSSR count). The van der Waals surface area contributed by atoms with E-state index in [9.17, 15) is 0 Å². The maximum atomic E-state index is 2.57. The minimum Gasteiger partial charge on any atom is -0.330 e. The molecule has 0 radical (unpaired) electrons. The number of aromatic nitrogens is 1. The first kappa shape index (κ1) is 22.5. The predicted octanol–water partition coefficient (Wildman–Crippen LogP) is 9.07. The fourth-order valence-electron chi connectivity index (χ4n) is 6.08. The fraction of sp³-hybridized carbons (Fsp3) is 0.273. The first-order valence-corrected chi connectivity index (χ1v) is 12.7. The van der Waals surface area contributed by atoms with Crippen LogP contribution in [0.4, 0.5) is 0 Å². The van der Waals surface area contributed by atoms with E-state index in [2.05, 4.69) is 135 Å². The highest BCUT2D eigenvalue weighted by molar-refractivity contribution is 6.08. The molecule has 0 aliphatic rings. The fourth-order valence-corrected chi connectivity index (χ4v) is 6.08. The molecule has 0 fully saturated rings. The van der Waals surface area contributed by atoms with E-state index in [1.165, 1.54) is 38.5 Å². The summed E-state index contributed by atoms with van der Waals surface area (Å²) in [5.41, 5.74) is 6.70. The Morgan fingerprint density at radius 3 is 1.44 bits per heavy atom. The van der Waals surface area contributed by atoms with E-state index < -0.39 is 0 Å². The van der Waals surface area contributed by atoms with Gasteiger partial charge < -0.3 is 4.57 Å². The Kier molecular flexibility index (Phi) is 5.81. The zero-order valence-electron chi connectivity index (χ0n) is 20.9. The minimum atomic E-state index is -0.144. The number of rotatable bonds is 7. The average molecular weight is 446 g/mol. The van der Waals surface area contributed by atoms with Crippen LogP contribution in [-0.4, -0.2) is 4.57 Å². The summed E-state index contributed by atoms with van der Waals surface area (Å²) in [7, 11) is 0. The minimum absolute atomic E-state index is 0.0508. The second-order valence-electron chi connectivity index (χ2n) is 9.73. The third-order valence-corrected chi connectivity index (χ3v) is 8.35. The van der Waals surface area contributed by atoms with Crippen molar-refractivity contribution in [3.63, 3.8) is 0 Å². The highest BCUT2D eigenvalue weighted by Gasteiger charge is 2.33. The number of para-hydroxylation sites is 2. The molecule has 0 bridgehead atoms. The molecule has 1 unspecified atom stereocenters. The quantitative estimate of drug-likeness (QED) is 0.235. The molecular weight excluding hydrogens is 410 g/mol. The summed E-state index contributed by atoms with van der Waals surface area (Å²) in [5, 5.41) is 2.66. The predicted molar refractivity (Wildman–Crippen MR) is 147 cm³/mol. The molecule has 5 aromatic rings. The Hall–Kier alpha value is -3.32. The van der Waals surface area contributed by atoms with Gasteiger partial charge in [-0.2, -0.15) is 0 Å². The zero-order valence-corrected chi connectivity index (χ0v) is 20.9. The Morgan fingerprint density at radius 1 is 0.500 bits per heavy atom. The molecule has 34 heavy (non-hydrogen) atoms. The summed E-state index contributed by atoms with van der Waals surface area (Å²) in [5.74, 6) is 0. The second-order valence-corrected chi connectivity index (χ2v) is 9.73. The first-order valence-electron chi connectivity index (χ1n) is 12.7. The van der Waals surface area contributed by atoms with Gasteiger partial charge in [-0.1, -0.05) is 112 Å². The van der Waals surface area contributed by atoms with Crippen LogP contribution >= 0.6 is 0 Å². The standard InChI is InChI=1S/C33H35N/c1-5-32(4,34-30-19-13-11-17-28(30)29-18-12-14-20-31(29)34)25-21-23-27(24-22-25)33(6-2,7-3)26-15-9-8-10-16-26/h8-24H,5-7H2,1-4H3. The normalized spacial score (nSPS) is 13.9. The Morgan fingerprint density at radius 2 is 0.941 bits per heavy atom. The van der Waals surface area contributed by atoms with Gasteiger partial charge in [-0.3, -0.25) is 0 Å². The maximum Gasteiger partial charge on any atom is 0.0672 e. The van der Waals surface area contributed by atoms with Gasteiger partial charge in [0.15, 0.2) is 0 Å². The van der Waals surface area contributed by atoms with Crippen LogP contribution in [0.2, 0.25) is 0 Å². The van der Waals surface area contributed by atoms with Crippen molar-refractivity contribution in [2.45, 2.75) is 57.9 Å². The molecule has 1 aromatic heterocycles. The molecular formula is C33H35N. The Bertz CT molecular complexity index is 1350. The molecule has 0 saturated heterocycles. The summed E-state index contributed by atoms with van der Waals surface area (Å²) in [6.45, 7) is 9.34. The van der Waals surface area contributed by atoms with Crippen LogP contribution < -0.4 is 0 Å². The molecule has 172 valence electrons. The molecule has 4 aromatic carbocycles. The SMILES string of the molecule is CCC(CC)(c1ccccc1)c1ccc(C(C)(CC)n2c3ccccc3c3ccccc32)cc1. The summed E-state index contributed by atoms with van der Waals surface area (Å²) in [4.78, 5) is 0. The van der Waals surface area contributed by atoms with Gasteiger partial charge in [-0.25, -0.2) is 0 Å². The number of fused-ring (bicyclic) bond motifs is 3. The van der Waals surface area contributed by atoms with Crippen LogP contribution in [0.1, 0.15) is 63.6 Å². The van der Waals surface area contributed by atoms with Gasteiger partial charge >= 0.3 is 0 Å². The largest absolute Gasteiger partial charge is 0.330 e. The summed E-state index contributed by atoms with van der Waals surface area (Å²) in [6, 6.07) is 38.2. The third kappa shape index (κ3) is 3.29. The van der Waals surface area contributed by atoms with E-state index in [0.29, 0.717) is 0 Å². The van der Waals surface area contributed by atoms with Gasteiger partial charge in [0.05, 0.1) is 5.54 Å². The van der Waals surface area contributed by atoms with Crippen LogP contribution in [0.5, 0.6) is 0 Å². The molecule has 0 aliphatic heterocycles. The lowest BCUT2D eigenvalue weighted by Crippen LogP contribution is -2.31. The van der Waals surface area contributed by atoms with E-state index in [4.69, 9.17) is 0 Å². The second kappa shape index (κ2) is 8.80. The van der Waals surface area contributed by atoms with E-state index in [0.717, 1.165) is 19.3 Å². The first-order chi connectivity index (χ1) is 16.6. The molecule has 0 amide bonds. The smallest absolute Gasteiger partial charge is 0.0672 e. The number of hydrogen-bond donors (Lipinski definition) is 0. The molecule has 1 heteroatoms. The van der Waals surface area contributed by atoms with Crippen molar-refractivity contribution in [3.8, 4) is 0 Å². The molecule has 1 atom stereocenters. The van der Waals surface area contributed by atoms with Crippen LogP contribution in [0.15, 0.2) is 103 Å². The highest BCUT2D eigenvalue weighted by atomic mass is 15.1. The molecule has 0 spiro atoms. The van der Waals surface area contributed by atoms with E-state index in [1.54, 1.807) is 0 Å². The molecule has 0 aliphatic carbocycles. The number of benzene rings is 4. The van der Waals surface area contributed by atoms with Crippen LogP contribution in [0.3, 0.4) is 0 Å². The molecule has 1 heterocycles. The van der Waals surface area contributed by atoms with Crippen LogP contribution in [-0.2, 0) is 11.0 Å². The van der Waals surface area contributed by atoms with Gasteiger partial charge in [0, 0.05) is 27.2 Å². The van der Waals surface area contributed by atoms with E-state index in [1.807, 2.05) is 0 Å². The number of nitrogens with zero attached hydrogens (tertiary/aromatic N) is 1. The average Bonchev–Trinajstić information content (AvgIpc) is 3.25. The van der Waals surface area contributed by atoms with Crippen molar-refractivity contribution in [1.29, 1.82) is 0 Å². The van der Waals surface area contributed by atoms with Crippen molar-refractivity contribution in [3.05, 3.63) is 120 Å².